The van der Waals surface area contributed by atoms with Crippen LogP contribution in [-0.2, 0) is 0 Å². The largest absolute Gasteiger partial charge is 0.492 e. The third-order valence-electron chi connectivity index (χ3n) is 4.56. The van der Waals surface area contributed by atoms with Gasteiger partial charge in [-0.15, -0.1) is 0 Å². The van der Waals surface area contributed by atoms with Gasteiger partial charge in [-0.1, -0.05) is 13.0 Å². The van der Waals surface area contributed by atoms with E-state index in [1.165, 1.54) is 31.4 Å². The van der Waals surface area contributed by atoms with E-state index in [2.05, 4.69) is 29.7 Å². The summed E-state index contributed by atoms with van der Waals surface area (Å²) in [7, 11) is 0. The molecular formula is C16H24N2O. The minimum atomic E-state index is 0.254. The van der Waals surface area contributed by atoms with Crippen LogP contribution in [0, 0.1) is 5.92 Å². The van der Waals surface area contributed by atoms with E-state index in [4.69, 9.17) is 4.74 Å². The maximum Gasteiger partial charge on any atom is 0.144 e. The van der Waals surface area contributed by atoms with Crippen molar-refractivity contribution < 1.29 is 4.74 Å². The van der Waals surface area contributed by atoms with Crippen molar-refractivity contribution in [1.82, 2.24) is 0 Å². The molecule has 0 amide bonds. The van der Waals surface area contributed by atoms with Gasteiger partial charge >= 0.3 is 0 Å². The van der Waals surface area contributed by atoms with Crippen molar-refractivity contribution in [2.24, 2.45) is 5.92 Å². The number of para-hydroxylation sites is 1. The number of anilines is 2. The molecule has 0 radical (unpaired) electrons. The maximum absolute atomic E-state index is 5.69. The molecule has 19 heavy (non-hydrogen) atoms. The average Bonchev–Trinajstić information content (AvgIpc) is 2.43. The van der Waals surface area contributed by atoms with Crippen molar-refractivity contribution in [3.05, 3.63) is 18.2 Å². The SMILES string of the molecule is CCOc1cccc2c1NCC1(CCC(C)CC1)N2. The number of benzene rings is 1. The number of nitrogens with one attached hydrogen (secondary N) is 2. The zero-order chi connectivity index (χ0) is 13.3. The van der Waals surface area contributed by atoms with Crippen LogP contribution in [0.25, 0.3) is 0 Å². The molecule has 2 aliphatic rings. The Morgan fingerprint density at radius 1 is 1.32 bits per heavy atom. The van der Waals surface area contributed by atoms with Crippen LogP contribution in [-0.4, -0.2) is 18.7 Å². The van der Waals surface area contributed by atoms with Gasteiger partial charge in [0.05, 0.1) is 17.8 Å². The quantitative estimate of drug-likeness (QED) is 0.847. The Hall–Kier alpha value is -1.38. The smallest absolute Gasteiger partial charge is 0.144 e. The summed E-state index contributed by atoms with van der Waals surface area (Å²) in [4.78, 5) is 0. The molecule has 1 aliphatic carbocycles. The van der Waals surface area contributed by atoms with Crippen LogP contribution in [0.5, 0.6) is 5.75 Å². The Bertz CT molecular complexity index is 450. The van der Waals surface area contributed by atoms with E-state index in [1.807, 2.05) is 13.0 Å². The average molecular weight is 260 g/mol. The minimum absolute atomic E-state index is 0.254. The highest BCUT2D eigenvalue weighted by Gasteiger charge is 2.37. The predicted octanol–water partition coefficient (Wildman–Crippen LogP) is 3.87. The second kappa shape index (κ2) is 4.95. The zero-order valence-electron chi connectivity index (χ0n) is 12.0. The Kier molecular flexibility index (Phi) is 3.29. The van der Waals surface area contributed by atoms with Gasteiger partial charge in [-0.25, -0.2) is 0 Å². The number of ether oxygens (including phenoxy) is 1. The first-order valence-corrected chi connectivity index (χ1v) is 7.50. The fourth-order valence-corrected chi connectivity index (χ4v) is 3.30. The van der Waals surface area contributed by atoms with Crippen LogP contribution < -0.4 is 15.4 Å². The highest BCUT2D eigenvalue weighted by molar-refractivity contribution is 5.78. The van der Waals surface area contributed by atoms with Crippen LogP contribution in [0.1, 0.15) is 39.5 Å². The summed E-state index contributed by atoms with van der Waals surface area (Å²) in [6.07, 6.45) is 5.18. The molecule has 1 heterocycles. The highest BCUT2D eigenvalue weighted by Crippen LogP contribution is 2.43. The van der Waals surface area contributed by atoms with E-state index < -0.39 is 0 Å². The molecule has 2 N–H and O–H groups in total. The molecule has 0 bridgehead atoms. The fourth-order valence-electron chi connectivity index (χ4n) is 3.30. The van der Waals surface area contributed by atoms with Crippen LogP contribution in [0.2, 0.25) is 0 Å². The number of fused-ring (bicyclic) bond motifs is 1. The van der Waals surface area contributed by atoms with Gasteiger partial charge in [0.2, 0.25) is 0 Å². The molecule has 104 valence electrons. The van der Waals surface area contributed by atoms with Gasteiger partial charge in [0.25, 0.3) is 0 Å². The topological polar surface area (TPSA) is 33.3 Å². The molecular weight excluding hydrogens is 236 g/mol. The Balaban J connectivity index is 1.82. The minimum Gasteiger partial charge on any atom is -0.492 e. The molecule has 0 atom stereocenters. The number of rotatable bonds is 2. The van der Waals surface area contributed by atoms with Gasteiger partial charge in [-0.2, -0.15) is 0 Å². The van der Waals surface area contributed by atoms with Crippen molar-refractivity contribution in [3.63, 3.8) is 0 Å². The molecule has 1 saturated carbocycles. The molecule has 0 unspecified atom stereocenters. The van der Waals surface area contributed by atoms with Crippen molar-refractivity contribution in [2.75, 3.05) is 23.8 Å². The maximum atomic E-state index is 5.69. The van der Waals surface area contributed by atoms with E-state index in [-0.39, 0.29) is 5.54 Å². The Labute approximate surface area is 115 Å². The molecule has 0 aromatic heterocycles. The Morgan fingerprint density at radius 2 is 2.11 bits per heavy atom. The molecule has 1 aromatic carbocycles. The van der Waals surface area contributed by atoms with Crippen LogP contribution in [0.15, 0.2) is 18.2 Å². The first-order valence-electron chi connectivity index (χ1n) is 7.50. The molecule has 3 nitrogen and oxygen atoms in total. The fraction of sp³-hybridized carbons (Fsp3) is 0.625. The second-order valence-corrected chi connectivity index (χ2v) is 6.05. The van der Waals surface area contributed by atoms with Gasteiger partial charge in [0.15, 0.2) is 0 Å². The van der Waals surface area contributed by atoms with Gasteiger partial charge in [-0.05, 0) is 50.7 Å². The van der Waals surface area contributed by atoms with E-state index in [0.717, 1.165) is 23.9 Å². The lowest BCUT2D eigenvalue weighted by Gasteiger charge is -2.45. The van der Waals surface area contributed by atoms with Crippen LogP contribution >= 0.6 is 0 Å². The normalized spacial score (nSPS) is 29.3. The van der Waals surface area contributed by atoms with Gasteiger partial charge in [0.1, 0.15) is 11.4 Å². The standard InChI is InChI=1S/C16H24N2O/c1-3-19-14-6-4-5-13-15(14)17-11-16(18-13)9-7-12(2)8-10-16/h4-6,12,17-18H,3,7-11H2,1-2H3. The van der Waals surface area contributed by atoms with Gasteiger partial charge < -0.3 is 15.4 Å². The summed E-state index contributed by atoms with van der Waals surface area (Å²) in [5, 5.41) is 7.39. The number of hydrogen-bond donors (Lipinski definition) is 2. The second-order valence-electron chi connectivity index (χ2n) is 6.05. The summed E-state index contributed by atoms with van der Waals surface area (Å²) in [6, 6.07) is 6.27. The number of hydrogen-bond acceptors (Lipinski definition) is 3. The molecule has 1 aromatic rings. The summed E-state index contributed by atoms with van der Waals surface area (Å²) in [6.45, 7) is 6.11. The molecule has 3 heteroatoms. The third-order valence-corrected chi connectivity index (χ3v) is 4.56. The lowest BCUT2D eigenvalue weighted by molar-refractivity contribution is 0.273. The zero-order valence-corrected chi connectivity index (χ0v) is 12.0. The third kappa shape index (κ3) is 2.38. The Morgan fingerprint density at radius 3 is 2.84 bits per heavy atom. The summed E-state index contributed by atoms with van der Waals surface area (Å²) < 4.78 is 5.69. The first kappa shape index (κ1) is 12.6. The lowest BCUT2D eigenvalue weighted by atomic mass is 9.76. The van der Waals surface area contributed by atoms with Gasteiger partial charge in [-0.3, -0.25) is 0 Å². The molecule has 0 saturated heterocycles. The molecule has 1 spiro atoms. The van der Waals surface area contributed by atoms with E-state index >= 15 is 0 Å². The predicted molar refractivity (Wildman–Crippen MR) is 80.1 cm³/mol. The lowest BCUT2D eigenvalue weighted by Crippen LogP contribution is -2.50. The van der Waals surface area contributed by atoms with Gasteiger partial charge in [0, 0.05) is 6.54 Å². The van der Waals surface area contributed by atoms with Crippen molar-refractivity contribution in [2.45, 2.75) is 45.1 Å². The first-order chi connectivity index (χ1) is 9.22. The summed E-state index contributed by atoms with van der Waals surface area (Å²) in [5.41, 5.74) is 2.59. The van der Waals surface area contributed by atoms with Crippen molar-refractivity contribution >= 4 is 11.4 Å². The molecule has 3 rings (SSSR count). The van der Waals surface area contributed by atoms with E-state index in [0.29, 0.717) is 6.61 Å². The molecule has 1 aliphatic heterocycles. The molecule has 1 fully saturated rings. The highest BCUT2D eigenvalue weighted by atomic mass is 16.5. The van der Waals surface area contributed by atoms with E-state index in [1.54, 1.807) is 0 Å². The summed E-state index contributed by atoms with van der Waals surface area (Å²) >= 11 is 0. The monoisotopic (exact) mass is 260 g/mol. The van der Waals surface area contributed by atoms with Crippen molar-refractivity contribution in [1.29, 1.82) is 0 Å². The van der Waals surface area contributed by atoms with Crippen molar-refractivity contribution in [3.8, 4) is 5.75 Å². The summed E-state index contributed by atoms with van der Waals surface area (Å²) in [5.74, 6) is 1.84. The van der Waals surface area contributed by atoms with Crippen LogP contribution in [0.4, 0.5) is 11.4 Å². The van der Waals surface area contributed by atoms with Crippen LogP contribution in [0.3, 0.4) is 0 Å². The van der Waals surface area contributed by atoms with E-state index in [9.17, 15) is 0 Å².